The van der Waals surface area contributed by atoms with E-state index >= 15 is 0 Å². The number of aliphatic hydroxyl groups is 1. The van der Waals surface area contributed by atoms with Gasteiger partial charge < -0.3 is 15.7 Å². The molecule has 5 heteroatoms. The highest BCUT2D eigenvalue weighted by atomic mass is 32.1. The summed E-state index contributed by atoms with van der Waals surface area (Å²) in [7, 11) is 0. The third-order valence-corrected chi connectivity index (χ3v) is 1.75. The molecule has 0 saturated carbocycles. The van der Waals surface area contributed by atoms with Crippen LogP contribution < -0.4 is 10.6 Å². The monoisotopic (exact) mass is 208 g/mol. The van der Waals surface area contributed by atoms with Crippen LogP contribution in [0.5, 0.6) is 0 Å². The van der Waals surface area contributed by atoms with Gasteiger partial charge in [-0.15, -0.1) is 0 Å². The van der Waals surface area contributed by atoms with Gasteiger partial charge in [0.15, 0.2) is 5.11 Å². The second-order valence-corrected chi connectivity index (χ2v) is 3.27. The third kappa shape index (κ3) is 9.49. The molecule has 1 unspecified atom stereocenters. The van der Waals surface area contributed by atoms with Crippen molar-refractivity contribution in [2.45, 2.75) is 25.9 Å². The van der Waals surface area contributed by atoms with E-state index in [4.69, 9.17) is 17.3 Å². The zero-order valence-electron chi connectivity index (χ0n) is 7.85. The summed E-state index contributed by atoms with van der Waals surface area (Å²) in [6, 6.07) is 0. The van der Waals surface area contributed by atoms with E-state index in [0.717, 1.165) is 12.8 Å². The normalized spacial score (nSPS) is 12.2. The summed E-state index contributed by atoms with van der Waals surface area (Å²) in [5.41, 5.74) is 0. The number of alkyl halides is 1. The van der Waals surface area contributed by atoms with Gasteiger partial charge in [-0.2, -0.15) is 0 Å². The largest absolute Gasteiger partial charge is 0.393 e. The lowest BCUT2D eigenvalue weighted by molar-refractivity contribution is 0.182. The maximum absolute atomic E-state index is 11.7. The number of hydrogen-bond donors (Lipinski definition) is 3. The summed E-state index contributed by atoms with van der Waals surface area (Å²) in [5.74, 6) is 0. The average Bonchev–Trinajstić information content (AvgIpc) is 2.08. The van der Waals surface area contributed by atoms with Crippen LogP contribution in [-0.4, -0.2) is 36.1 Å². The van der Waals surface area contributed by atoms with Crippen molar-refractivity contribution in [3.63, 3.8) is 0 Å². The molecule has 0 rings (SSSR count). The molecule has 0 spiro atoms. The van der Waals surface area contributed by atoms with E-state index < -0.39 is 6.67 Å². The van der Waals surface area contributed by atoms with Crippen LogP contribution in [0.4, 0.5) is 4.39 Å². The molecular formula is C8H17FN2OS. The SMILES string of the molecule is CC(O)CCCNC(=S)NCCF. The van der Waals surface area contributed by atoms with Crippen molar-refractivity contribution in [1.29, 1.82) is 0 Å². The molecule has 0 aromatic rings. The second-order valence-electron chi connectivity index (χ2n) is 2.86. The summed E-state index contributed by atoms with van der Waals surface area (Å²) < 4.78 is 11.7. The molecule has 0 fully saturated rings. The van der Waals surface area contributed by atoms with Crippen molar-refractivity contribution < 1.29 is 9.50 Å². The van der Waals surface area contributed by atoms with Crippen molar-refractivity contribution in [2.24, 2.45) is 0 Å². The molecule has 0 aromatic carbocycles. The Kier molecular flexibility index (Phi) is 7.93. The smallest absolute Gasteiger partial charge is 0.166 e. The molecule has 3 N–H and O–H groups in total. The molecule has 1 atom stereocenters. The van der Waals surface area contributed by atoms with E-state index in [1.165, 1.54) is 0 Å². The van der Waals surface area contributed by atoms with Crippen molar-refractivity contribution in [1.82, 2.24) is 10.6 Å². The summed E-state index contributed by atoms with van der Waals surface area (Å²) in [5, 5.41) is 15.0. The van der Waals surface area contributed by atoms with Gasteiger partial charge in [-0.1, -0.05) is 0 Å². The molecule has 0 aliphatic heterocycles. The molecule has 78 valence electrons. The van der Waals surface area contributed by atoms with Crippen LogP contribution in [0.3, 0.4) is 0 Å². The highest BCUT2D eigenvalue weighted by molar-refractivity contribution is 7.80. The molecule has 0 aliphatic carbocycles. The predicted octanol–water partition coefficient (Wildman–Crippen LogP) is 0.581. The van der Waals surface area contributed by atoms with Gasteiger partial charge in [0.25, 0.3) is 0 Å². The van der Waals surface area contributed by atoms with E-state index in [9.17, 15) is 4.39 Å². The van der Waals surface area contributed by atoms with Crippen LogP contribution in [0.2, 0.25) is 0 Å². The maximum atomic E-state index is 11.7. The summed E-state index contributed by atoms with van der Waals surface area (Å²) in [4.78, 5) is 0. The Labute approximate surface area is 83.7 Å². The van der Waals surface area contributed by atoms with Gasteiger partial charge in [0, 0.05) is 13.1 Å². The van der Waals surface area contributed by atoms with Crippen LogP contribution in [0, 0.1) is 0 Å². The first-order valence-electron chi connectivity index (χ1n) is 4.42. The molecule has 0 saturated heterocycles. The van der Waals surface area contributed by atoms with Crippen molar-refractivity contribution in [3.8, 4) is 0 Å². The molecule has 0 aliphatic rings. The third-order valence-electron chi connectivity index (χ3n) is 1.46. The van der Waals surface area contributed by atoms with E-state index in [2.05, 4.69) is 10.6 Å². The number of thiocarbonyl (C=S) groups is 1. The van der Waals surface area contributed by atoms with Gasteiger partial charge in [0.2, 0.25) is 0 Å². The van der Waals surface area contributed by atoms with Crippen LogP contribution in [-0.2, 0) is 0 Å². The first-order chi connectivity index (χ1) is 6.16. The molecule has 0 radical (unpaired) electrons. The number of nitrogens with one attached hydrogen (secondary N) is 2. The fourth-order valence-corrected chi connectivity index (χ4v) is 1.03. The quantitative estimate of drug-likeness (QED) is 0.441. The fraction of sp³-hybridized carbons (Fsp3) is 0.875. The lowest BCUT2D eigenvalue weighted by Crippen LogP contribution is -2.36. The van der Waals surface area contributed by atoms with Crippen LogP contribution >= 0.6 is 12.2 Å². The van der Waals surface area contributed by atoms with Crippen LogP contribution in [0.15, 0.2) is 0 Å². The molecule has 0 amide bonds. The van der Waals surface area contributed by atoms with Gasteiger partial charge in [0.1, 0.15) is 6.67 Å². The van der Waals surface area contributed by atoms with E-state index in [-0.39, 0.29) is 12.6 Å². The number of rotatable bonds is 6. The standard InChI is InChI=1S/C8H17FN2OS/c1-7(12)3-2-5-10-8(13)11-6-4-9/h7,12H,2-6H2,1H3,(H2,10,11,13). The molecule has 13 heavy (non-hydrogen) atoms. The van der Waals surface area contributed by atoms with E-state index in [1.54, 1.807) is 6.92 Å². The minimum Gasteiger partial charge on any atom is -0.393 e. The second kappa shape index (κ2) is 8.19. The van der Waals surface area contributed by atoms with Crippen LogP contribution in [0.1, 0.15) is 19.8 Å². The molecule has 0 bridgehead atoms. The Balaban J connectivity index is 3.17. The molecule has 0 aromatic heterocycles. The van der Waals surface area contributed by atoms with Crippen molar-refractivity contribution in [3.05, 3.63) is 0 Å². The summed E-state index contributed by atoms with van der Waals surface area (Å²) in [6.07, 6.45) is 1.34. The maximum Gasteiger partial charge on any atom is 0.166 e. The Bertz CT molecular complexity index is 144. The summed E-state index contributed by atoms with van der Waals surface area (Å²) >= 11 is 4.85. The van der Waals surface area contributed by atoms with Crippen molar-refractivity contribution in [2.75, 3.05) is 19.8 Å². The van der Waals surface area contributed by atoms with Gasteiger partial charge in [-0.25, -0.2) is 4.39 Å². The van der Waals surface area contributed by atoms with Crippen molar-refractivity contribution >= 4 is 17.3 Å². The molecule has 3 nitrogen and oxygen atoms in total. The number of aliphatic hydroxyl groups excluding tert-OH is 1. The Morgan fingerprint density at radius 2 is 2.08 bits per heavy atom. The average molecular weight is 208 g/mol. The zero-order chi connectivity index (χ0) is 10.1. The van der Waals surface area contributed by atoms with Gasteiger partial charge in [0.05, 0.1) is 6.10 Å². The van der Waals surface area contributed by atoms with Crippen LogP contribution in [0.25, 0.3) is 0 Å². The zero-order valence-corrected chi connectivity index (χ0v) is 8.66. The van der Waals surface area contributed by atoms with Gasteiger partial charge >= 0.3 is 0 Å². The summed E-state index contributed by atoms with van der Waals surface area (Å²) in [6.45, 7) is 2.29. The minimum atomic E-state index is -0.421. The highest BCUT2D eigenvalue weighted by Crippen LogP contribution is 1.92. The first-order valence-corrected chi connectivity index (χ1v) is 4.83. The lowest BCUT2D eigenvalue weighted by Gasteiger charge is -2.09. The lowest BCUT2D eigenvalue weighted by atomic mass is 10.2. The first kappa shape index (κ1) is 12.6. The van der Waals surface area contributed by atoms with Gasteiger partial charge in [-0.3, -0.25) is 0 Å². The molecule has 0 heterocycles. The Morgan fingerprint density at radius 1 is 1.46 bits per heavy atom. The minimum absolute atomic E-state index is 0.252. The number of hydrogen-bond acceptors (Lipinski definition) is 2. The molecular weight excluding hydrogens is 191 g/mol. The Morgan fingerprint density at radius 3 is 2.62 bits per heavy atom. The highest BCUT2D eigenvalue weighted by Gasteiger charge is 1.96. The van der Waals surface area contributed by atoms with Gasteiger partial charge in [-0.05, 0) is 32.0 Å². The van der Waals surface area contributed by atoms with E-state index in [0.29, 0.717) is 11.7 Å². The fourth-order valence-electron chi connectivity index (χ4n) is 0.823. The van der Waals surface area contributed by atoms with E-state index in [1.807, 2.05) is 0 Å². The topological polar surface area (TPSA) is 44.3 Å². The predicted molar refractivity (Wildman–Crippen MR) is 55.5 cm³/mol. The number of halogens is 1. The Hall–Kier alpha value is -0.420.